The number of nitrogens with one attached hydrogen (secondary N) is 2. The predicted octanol–water partition coefficient (Wildman–Crippen LogP) is 3.07. The van der Waals surface area contributed by atoms with Gasteiger partial charge in [-0.3, -0.25) is 19.6 Å². The van der Waals surface area contributed by atoms with Gasteiger partial charge in [0.05, 0.1) is 24.5 Å². The first-order valence-electron chi connectivity index (χ1n) is 12.4. The number of carbonyl (C=O) groups is 2. The molecule has 8 heteroatoms. The third-order valence-corrected chi connectivity index (χ3v) is 6.81. The van der Waals surface area contributed by atoms with Crippen molar-refractivity contribution in [2.24, 2.45) is 11.8 Å². The Hall–Kier alpha value is -2.71. The molecule has 1 aromatic carbocycles. The molecule has 4 atom stereocenters. The second-order valence-electron chi connectivity index (χ2n) is 9.38. The fraction of sp³-hybridized carbons (Fsp3) is 0.577. The Balaban J connectivity index is 0.00000158. The van der Waals surface area contributed by atoms with E-state index in [-0.39, 0.29) is 42.7 Å². The van der Waals surface area contributed by atoms with E-state index in [2.05, 4.69) is 27.9 Å². The Kier molecular flexibility index (Phi) is 8.49. The number of nitrogens with zero attached hydrogens (tertiary/aromatic N) is 3. The van der Waals surface area contributed by atoms with Crippen molar-refractivity contribution in [2.75, 3.05) is 6.54 Å². The van der Waals surface area contributed by atoms with Crippen molar-refractivity contribution in [2.45, 2.75) is 79.4 Å². The molecule has 0 spiro atoms. The highest BCUT2D eigenvalue weighted by Crippen LogP contribution is 2.29. The molecule has 4 unspecified atom stereocenters. The van der Waals surface area contributed by atoms with E-state index < -0.39 is 12.1 Å². The van der Waals surface area contributed by atoms with Gasteiger partial charge in [-0.1, -0.05) is 52.8 Å². The van der Waals surface area contributed by atoms with E-state index in [1.165, 1.54) is 0 Å². The van der Waals surface area contributed by atoms with Gasteiger partial charge < -0.3 is 15.3 Å². The zero-order valence-corrected chi connectivity index (χ0v) is 21.2. The molecular weight excluding hydrogens is 430 g/mol. The Bertz CT molecular complexity index is 1000. The highest BCUT2D eigenvalue weighted by atomic mass is 16.3. The van der Waals surface area contributed by atoms with Gasteiger partial charge in [-0.25, -0.2) is 0 Å². The molecule has 1 saturated heterocycles. The Morgan fingerprint density at radius 2 is 1.91 bits per heavy atom. The summed E-state index contributed by atoms with van der Waals surface area (Å²) in [6.45, 7) is 13.4. The molecule has 2 aromatic rings. The van der Waals surface area contributed by atoms with Gasteiger partial charge >= 0.3 is 0 Å². The molecule has 0 radical (unpaired) electrons. The number of benzene rings is 1. The summed E-state index contributed by atoms with van der Waals surface area (Å²) in [6.07, 6.45) is 1.40. The minimum Gasteiger partial charge on any atom is -0.391 e. The molecule has 3 N–H and O–H groups in total. The lowest BCUT2D eigenvalue weighted by Gasteiger charge is -2.29. The fourth-order valence-electron chi connectivity index (χ4n) is 4.51. The van der Waals surface area contributed by atoms with Crippen molar-refractivity contribution in [1.29, 1.82) is 0 Å². The summed E-state index contributed by atoms with van der Waals surface area (Å²) >= 11 is 0. The molecule has 0 aliphatic carbocycles. The fourth-order valence-corrected chi connectivity index (χ4v) is 4.51. The van der Waals surface area contributed by atoms with Crippen LogP contribution in [0.3, 0.4) is 0 Å². The summed E-state index contributed by atoms with van der Waals surface area (Å²) in [5, 5.41) is 21.0. The second-order valence-corrected chi connectivity index (χ2v) is 9.38. The van der Waals surface area contributed by atoms with Crippen molar-refractivity contribution >= 4 is 11.8 Å². The van der Waals surface area contributed by atoms with Crippen LogP contribution < -0.4 is 10.6 Å². The maximum absolute atomic E-state index is 13.1. The minimum atomic E-state index is -0.673. The van der Waals surface area contributed by atoms with Gasteiger partial charge in [0.15, 0.2) is 0 Å². The molecule has 34 heavy (non-hydrogen) atoms. The summed E-state index contributed by atoms with van der Waals surface area (Å²) in [6, 6.07) is 7.36. The Morgan fingerprint density at radius 1 is 1.18 bits per heavy atom. The van der Waals surface area contributed by atoms with Crippen LogP contribution in [0.1, 0.15) is 65.1 Å². The van der Waals surface area contributed by atoms with Crippen LogP contribution in [0, 0.1) is 11.8 Å². The summed E-state index contributed by atoms with van der Waals surface area (Å²) in [5.41, 5.74) is 4.36. The van der Waals surface area contributed by atoms with Crippen molar-refractivity contribution in [3.8, 4) is 11.3 Å². The number of aromatic nitrogens is 2. The molecule has 2 aliphatic rings. The summed E-state index contributed by atoms with van der Waals surface area (Å²) in [5.74, 6) is -0.313. The molecule has 0 saturated carbocycles. The molecule has 3 heterocycles. The maximum atomic E-state index is 13.1. The maximum Gasteiger partial charge on any atom is 0.243 e. The van der Waals surface area contributed by atoms with Crippen molar-refractivity contribution in [1.82, 2.24) is 25.3 Å². The lowest BCUT2D eigenvalue weighted by atomic mass is 9.96. The molecule has 2 amide bonds. The smallest absolute Gasteiger partial charge is 0.243 e. The van der Waals surface area contributed by atoms with Crippen molar-refractivity contribution in [3.05, 3.63) is 41.6 Å². The zero-order chi connectivity index (χ0) is 25.0. The van der Waals surface area contributed by atoms with Gasteiger partial charge in [-0.2, -0.15) is 5.10 Å². The van der Waals surface area contributed by atoms with E-state index in [9.17, 15) is 14.7 Å². The van der Waals surface area contributed by atoms with Crippen LogP contribution in [0.2, 0.25) is 0 Å². The summed E-state index contributed by atoms with van der Waals surface area (Å²) < 4.78 is 1.94. The number of aliphatic hydroxyl groups excluding tert-OH is 1. The molecule has 0 bridgehead atoms. The molecular formula is C26H39N5O3. The predicted molar refractivity (Wildman–Crippen MR) is 133 cm³/mol. The van der Waals surface area contributed by atoms with Gasteiger partial charge in [0.2, 0.25) is 11.8 Å². The third kappa shape index (κ3) is 5.33. The van der Waals surface area contributed by atoms with Gasteiger partial charge in [0.25, 0.3) is 0 Å². The van der Waals surface area contributed by atoms with E-state index in [1.54, 1.807) is 11.1 Å². The number of amides is 2. The summed E-state index contributed by atoms with van der Waals surface area (Å²) in [4.78, 5) is 27.6. The van der Waals surface area contributed by atoms with Crippen molar-refractivity contribution in [3.63, 3.8) is 0 Å². The number of fused-ring (bicyclic) bond motifs is 3. The first kappa shape index (κ1) is 25.9. The summed E-state index contributed by atoms with van der Waals surface area (Å²) in [7, 11) is 0. The van der Waals surface area contributed by atoms with E-state index in [0.29, 0.717) is 6.67 Å². The highest BCUT2D eigenvalue weighted by molar-refractivity contribution is 5.89. The van der Waals surface area contributed by atoms with Gasteiger partial charge in [0, 0.05) is 37.2 Å². The average molecular weight is 470 g/mol. The quantitative estimate of drug-likeness (QED) is 0.625. The standard InChI is InChI=1S/C24H33N5O3.C2H6/c1-14(2)15(3)24(32)28-12-19(30)10-22(28)23(31)27-16(4)17-5-6-20-18(9-17)11-25-13-29-21(20)7-8-26-29;1-2/h5-9,14-16,19,22,25,30H,10-13H2,1-4H3,(H,27,31);1-2H3. The normalized spacial score (nSPS) is 21.0. The van der Waals surface area contributed by atoms with Crippen LogP contribution in [0.15, 0.2) is 30.5 Å². The highest BCUT2D eigenvalue weighted by Gasteiger charge is 2.41. The van der Waals surface area contributed by atoms with Crippen LogP contribution in [0.25, 0.3) is 11.3 Å². The second kappa shape index (κ2) is 11.1. The number of β-amino-alcohol motifs (C(OH)–C–C–N with tert-alkyl or cyclic N) is 1. The Morgan fingerprint density at radius 3 is 2.62 bits per heavy atom. The van der Waals surface area contributed by atoms with Crippen molar-refractivity contribution < 1.29 is 14.7 Å². The van der Waals surface area contributed by atoms with E-state index in [1.807, 2.05) is 58.4 Å². The molecule has 186 valence electrons. The van der Waals surface area contributed by atoms with Gasteiger partial charge in [-0.05, 0) is 30.0 Å². The van der Waals surface area contributed by atoms with Crippen LogP contribution in [0.5, 0.6) is 0 Å². The van der Waals surface area contributed by atoms with Crippen LogP contribution in [-0.4, -0.2) is 50.3 Å². The van der Waals surface area contributed by atoms with Crippen LogP contribution in [0.4, 0.5) is 0 Å². The van der Waals surface area contributed by atoms with Gasteiger partial charge in [-0.15, -0.1) is 0 Å². The molecule has 4 rings (SSSR count). The lowest BCUT2D eigenvalue weighted by Crippen LogP contribution is -2.48. The number of hydrogen-bond donors (Lipinski definition) is 3. The lowest BCUT2D eigenvalue weighted by molar-refractivity contribution is -0.142. The molecule has 1 fully saturated rings. The Labute approximate surface area is 202 Å². The third-order valence-electron chi connectivity index (χ3n) is 6.81. The topological polar surface area (TPSA) is 99.5 Å². The van der Waals surface area contributed by atoms with E-state index in [0.717, 1.165) is 28.9 Å². The van der Waals surface area contributed by atoms with E-state index in [4.69, 9.17) is 0 Å². The number of likely N-dealkylation sites (tertiary alicyclic amines) is 1. The van der Waals surface area contributed by atoms with E-state index >= 15 is 0 Å². The number of rotatable bonds is 5. The molecule has 8 nitrogen and oxygen atoms in total. The largest absolute Gasteiger partial charge is 0.391 e. The molecule has 1 aromatic heterocycles. The van der Waals surface area contributed by atoms with Crippen LogP contribution in [-0.2, 0) is 22.8 Å². The van der Waals surface area contributed by atoms with Crippen LogP contribution >= 0.6 is 0 Å². The minimum absolute atomic E-state index is 0.0722. The zero-order valence-electron chi connectivity index (χ0n) is 21.2. The number of aliphatic hydroxyl groups is 1. The van der Waals surface area contributed by atoms with Gasteiger partial charge in [0.1, 0.15) is 6.04 Å². The average Bonchev–Trinajstić information content (AvgIpc) is 3.41. The SMILES string of the molecule is CC.CC(NC(=O)C1CC(O)CN1C(=O)C(C)C(C)C)c1ccc2c(c1)CNCn1nccc1-2. The first-order valence-corrected chi connectivity index (χ1v) is 12.4. The monoisotopic (exact) mass is 469 g/mol. The first-order chi connectivity index (χ1) is 16.3. The number of carbonyl (C=O) groups excluding carboxylic acids is 2. The molecule has 2 aliphatic heterocycles. The number of hydrogen-bond acceptors (Lipinski definition) is 5.